The van der Waals surface area contributed by atoms with Gasteiger partial charge in [0.2, 0.25) is 11.8 Å². The smallest absolute Gasteiger partial charge is 0.225 e. The molecule has 112 valence electrons. The molecule has 0 saturated carbocycles. The van der Waals surface area contributed by atoms with Gasteiger partial charge in [-0.2, -0.15) is 4.98 Å². The summed E-state index contributed by atoms with van der Waals surface area (Å²) in [4.78, 5) is 11.0. The first-order valence-electron chi connectivity index (χ1n) is 7.66. The number of rotatable bonds is 7. The van der Waals surface area contributed by atoms with Crippen molar-refractivity contribution in [2.24, 2.45) is 5.92 Å². The zero-order chi connectivity index (χ0) is 14.2. The van der Waals surface area contributed by atoms with Crippen molar-refractivity contribution >= 4 is 5.95 Å². The van der Waals surface area contributed by atoms with Gasteiger partial charge in [0.1, 0.15) is 0 Å². The summed E-state index contributed by atoms with van der Waals surface area (Å²) < 4.78 is 5.51. The number of hydrogen-bond acceptors (Lipinski definition) is 5. The number of nitrogens with zero attached hydrogens (tertiary/aromatic N) is 3. The highest BCUT2D eigenvalue weighted by atomic mass is 16.5. The van der Waals surface area contributed by atoms with Crippen LogP contribution in [-0.4, -0.2) is 48.2 Å². The second kappa shape index (κ2) is 8.04. The average molecular weight is 278 g/mol. The molecule has 0 aliphatic carbocycles. The van der Waals surface area contributed by atoms with E-state index in [1.165, 1.54) is 32.4 Å². The lowest BCUT2D eigenvalue weighted by Crippen LogP contribution is -2.30. The SMILES string of the molecule is CCCOc1ccnc(NCCC2CCN(C)CC2)n1. The Morgan fingerprint density at radius 3 is 2.95 bits per heavy atom. The molecular formula is C15H26N4O. The lowest BCUT2D eigenvalue weighted by Gasteiger charge is -2.28. The Bertz CT molecular complexity index is 391. The summed E-state index contributed by atoms with van der Waals surface area (Å²) in [5.74, 6) is 2.16. The maximum absolute atomic E-state index is 5.51. The molecule has 0 spiro atoms. The van der Waals surface area contributed by atoms with E-state index >= 15 is 0 Å². The second-order valence-corrected chi connectivity index (χ2v) is 5.53. The number of piperidine rings is 1. The third-order valence-electron chi connectivity index (χ3n) is 3.76. The molecule has 1 fully saturated rings. The van der Waals surface area contributed by atoms with Crippen LogP contribution in [0.1, 0.15) is 32.6 Å². The van der Waals surface area contributed by atoms with Crippen LogP contribution in [0.5, 0.6) is 5.88 Å². The predicted molar refractivity (Wildman–Crippen MR) is 81.1 cm³/mol. The van der Waals surface area contributed by atoms with Crippen LogP contribution in [-0.2, 0) is 0 Å². The number of hydrogen-bond donors (Lipinski definition) is 1. The fourth-order valence-corrected chi connectivity index (χ4v) is 2.45. The monoisotopic (exact) mass is 278 g/mol. The van der Waals surface area contributed by atoms with Gasteiger partial charge in [0.25, 0.3) is 0 Å². The molecule has 1 aliphatic rings. The third-order valence-corrected chi connectivity index (χ3v) is 3.76. The second-order valence-electron chi connectivity index (χ2n) is 5.53. The van der Waals surface area contributed by atoms with Crippen molar-refractivity contribution in [3.8, 4) is 5.88 Å². The molecule has 0 atom stereocenters. The fourth-order valence-electron chi connectivity index (χ4n) is 2.45. The summed E-state index contributed by atoms with van der Waals surface area (Å²) in [6, 6.07) is 1.80. The first kappa shape index (κ1) is 15.0. The van der Waals surface area contributed by atoms with Gasteiger partial charge in [-0.25, -0.2) is 4.98 Å². The summed E-state index contributed by atoms with van der Waals surface area (Å²) in [6.07, 6.45) is 6.54. The summed E-state index contributed by atoms with van der Waals surface area (Å²) in [7, 11) is 2.20. The lowest BCUT2D eigenvalue weighted by atomic mass is 9.94. The Morgan fingerprint density at radius 2 is 2.20 bits per heavy atom. The molecule has 1 aliphatic heterocycles. The van der Waals surface area contributed by atoms with Crippen LogP contribution in [0, 0.1) is 5.92 Å². The quantitative estimate of drug-likeness (QED) is 0.830. The fraction of sp³-hybridized carbons (Fsp3) is 0.733. The van der Waals surface area contributed by atoms with Crippen molar-refractivity contribution in [3.63, 3.8) is 0 Å². The first-order valence-corrected chi connectivity index (χ1v) is 7.66. The van der Waals surface area contributed by atoms with Crippen LogP contribution in [0.25, 0.3) is 0 Å². The zero-order valence-corrected chi connectivity index (χ0v) is 12.6. The van der Waals surface area contributed by atoms with Crippen LogP contribution in [0.3, 0.4) is 0 Å². The minimum atomic E-state index is 0.656. The summed E-state index contributed by atoms with van der Waals surface area (Å²) >= 11 is 0. The number of likely N-dealkylation sites (tertiary alicyclic amines) is 1. The molecule has 0 unspecified atom stereocenters. The largest absolute Gasteiger partial charge is 0.478 e. The first-order chi connectivity index (χ1) is 9.78. The molecule has 1 aromatic heterocycles. The molecule has 1 saturated heterocycles. The highest BCUT2D eigenvalue weighted by molar-refractivity contribution is 5.27. The molecule has 1 N–H and O–H groups in total. The summed E-state index contributed by atoms with van der Waals surface area (Å²) in [5, 5.41) is 3.30. The van der Waals surface area contributed by atoms with Crippen molar-refractivity contribution in [3.05, 3.63) is 12.3 Å². The predicted octanol–water partition coefficient (Wildman–Crippen LogP) is 2.41. The van der Waals surface area contributed by atoms with E-state index in [-0.39, 0.29) is 0 Å². The zero-order valence-electron chi connectivity index (χ0n) is 12.6. The molecule has 20 heavy (non-hydrogen) atoms. The van der Waals surface area contributed by atoms with E-state index in [0.717, 1.165) is 18.9 Å². The van der Waals surface area contributed by atoms with Gasteiger partial charge in [-0.3, -0.25) is 0 Å². The molecule has 0 amide bonds. The van der Waals surface area contributed by atoms with Gasteiger partial charge in [0.15, 0.2) is 0 Å². The van der Waals surface area contributed by atoms with E-state index in [2.05, 4.69) is 34.2 Å². The number of aromatic nitrogens is 2. The topological polar surface area (TPSA) is 50.3 Å². The maximum atomic E-state index is 5.51. The Labute approximate surface area is 121 Å². The van der Waals surface area contributed by atoms with Crippen LogP contribution in [0.15, 0.2) is 12.3 Å². The molecule has 0 aromatic carbocycles. The molecule has 5 heteroatoms. The minimum Gasteiger partial charge on any atom is -0.478 e. The minimum absolute atomic E-state index is 0.656. The van der Waals surface area contributed by atoms with E-state index in [1.54, 1.807) is 12.3 Å². The van der Waals surface area contributed by atoms with Crippen molar-refractivity contribution in [2.45, 2.75) is 32.6 Å². The van der Waals surface area contributed by atoms with Gasteiger partial charge in [-0.05, 0) is 51.7 Å². The van der Waals surface area contributed by atoms with Gasteiger partial charge < -0.3 is 15.0 Å². The third kappa shape index (κ3) is 4.96. The van der Waals surface area contributed by atoms with E-state index in [1.807, 2.05) is 0 Å². The average Bonchev–Trinajstić information content (AvgIpc) is 2.48. The molecule has 0 bridgehead atoms. The van der Waals surface area contributed by atoms with Crippen LogP contribution >= 0.6 is 0 Å². The van der Waals surface area contributed by atoms with Crippen molar-refractivity contribution in [2.75, 3.05) is 38.6 Å². The molecule has 0 radical (unpaired) electrons. The van der Waals surface area contributed by atoms with Crippen molar-refractivity contribution in [1.82, 2.24) is 14.9 Å². The van der Waals surface area contributed by atoms with Crippen LogP contribution in [0.2, 0.25) is 0 Å². The van der Waals surface area contributed by atoms with Gasteiger partial charge in [0.05, 0.1) is 6.61 Å². The maximum Gasteiger partial charge on any atom is 0.225 e. The summed E-state index contributed by atoms with van der Waals surface area (Å²) in [5.41, 5.74) is 0. The van der Waals surface area contributed by atoms with Gasteiger partial charge in [-0.15, -0.1) is 0 Å². The molecule has 2 heterocycles. The van der Waals surface area contributed by atoms with E-state index in [4.69, 9.17) is 4.74 Å². The molecule has 1 aromatic rings. The van der Waals surface area contributed by atoms with E-state index < -0.39 is 0 Å². The highest BCUT2D eigenvalue weighted by Gasteiger charge is 2.16. The number of nitrogens with one attached hydrogen (secondary N) is 1. The Morgan fingerprint density at radius 1 is 1.40 bits per heavy atom. The van der Waals surface area contributed by atoms with Crippen LogP contribution in [0.4, 0.5) is 5.95 Å². The Hall–Kier alpha value is -1.36. The lowest BCUT2D eigenvalue weighted by molar-refractivity contribution is 0.215. The molecule has 5 nitrogen and oxygen atoms in total. The Kier molecular flexibility index (Phi) is 6.05. The van der Waals surface area contributed by atoms with Gasteiger partial charge >= 0.3 is 0 Å². The normalized spacial score (nSPS) is 17.1. The number of ether oxygens (including phenoxy) is 1. The Balaban J connectivity index is 1.70. The molecular weight excluding hydrogens is 252 g/mol. The van der Waals surface area contributed by atoms with E-state index in [0.29, 0.717) is 18.4 Å². The molecule has 2 rings (SSSR count). The van der Waals surface area contributed by atoms with Crippen molar-refractivity contribution < 1.29 is 4.74 Å². The van der Waals surface area contributed by atoms with Gasteiger partial charge in [-0.1, -0.05) is 6.92 Å². The van der Waals surface area contributed by atoms with Crippen molar-refractivity contribution in [1.29, 1.82) is 0 Å². The number of anilines is 1. The highest BCUT2D eigenvalue weighted by Crippen LogP contribution is 2.19. The van der Waals surface area contributed by atoms with Gasteiger partial charge in [0, 0.05) is 18.8 Å². The van der Waals surface area contributed by atoms with Crippen LogP contribution < -0.4 is 10.1 Å². The standard InChI is InChI=1S/C15H26N4O/c1-3-12-20-14-5-9-17-15(18-14)16-8-4-13-6-10-19(2)11-7-13/h5,9,13H,3-4,6-8,10-12H2,1-2H3,(H,16,17,18). The van der Waals surface area contributed by atoms with E-state index in [9.17, 15) is 0 Å². The summed E-state index contributed by atoms with van der Waals surface area (Å²) in [6.45, 7) is 6.17.